The summed E-state index contributed by atoms with van der Waals surface area (Å²) in [6, 6.07) is 9.35. The van der Waals surface area contributed by atoms with Crippen LogP contribution in [-0.4, -0.2) is 80.1 Å². The zero-order chi connectivity index (χ0) is 34.8. The van der Waals surface area contributed by atoms with Gasteiger partial charge in [-0.2, -0.15) is 0 Å². The lowest BCUT2D eigenvalue weighted by Crippen LogP contribution is -2.56. The Morgan fingerprint density at radius 3 is 2.40 bits per heavy atom. The summed E-state index contributed by atoms with van der Waals surface area (Å²) in [6.07, 6.45) is 0.836. The number of amides is 5. The zero-order valence-corrected chi connectivity index (χ0v) is 27.9. The first-order valence-corrected chi connectivity index (χ1v) is 16.4. The van der Waals surface area contributed by atoms with Crippen molar-refractivity contribution in [1.82, 2.24) is 26.6 Å². The number of hydrogen-bond acceptors (Lipinski definition) is 7. The van der Waals surface area contributed by atoms with E-state index < -0.39 is 59.1 Å². The molecule has 2 aromatic rings. The van der Waals surface area contributed by atoms with Crippen molar-refractivity contribution < 1.29 is 37.8 Å². The molecule has 1 saturated heterocycles. The first-order chi connectivity index (χ1) is 22.9. The molecule has 48 heavy (non-hydrogen) atoms. The number of fused-ring (bicyclic) bond motifs is 1. The van der Waals surface area contributed by atoms with E-state index in [-0.39, 0.29) is 49.0 Å². The third-order valence-electron chi connectivity index (χ3n) is 8.80. The standard InChI is InChI=1S/C35H46FN5O7/c1-21(2)30-34(46)38-22(3)19-48-28-11-6-5-10-26(28)32(44)40-27(12-13-29(42)39-23(4)31(43)41-30)33(45)37-20-35(14-16-47-17-15-35)24-8-7-9-25(36)18-24/h5-11,18,21-23,27,30H,12-17,19-20H2,1-4H3,(H,37,45)(H,38,46)(H,39,42)(H,40,44)(H,41,43)/t22-,23-,27-,30+/m0/s1. The minimum atomic E-state index is -1.13. The summed E-state index contributed by atoms with van der Waals surface area (Å²) < 4.78 is 25.7. The van der Waals surface area contributed by atoms with Gasteiger partial charge in [0.05, 0.1) is 11.6 Å². The van der Waals surface area contributed by atoms with E-state index in [1.807, 2.05) is 6.07 Å². The highest BCUT2D eigenvalue weighted by molar-refractivity contribution is 6.00. The van der Waals surface area contributed by atoms with Crippen molar-refractivity contribution in [3.05, 3.63) is 65.5 Å². The average molecular weight is 668 g/mol. The summed E-state index contributed by atoms with van der Waals surface area (Å²) >= 11 is 0. The van der Waals surface area contributed by atoms with Crippen molar-refractivity contribution >= 4 is 29.5 Å². The Morgan fingerprint density at radius 2 is 1.69 bits per heavy atom. The van der Waals surface area contributed by atoms with Crippen molar-refractivity contribution in [2.75, 3.05) is 26.4 Å². The number of benzene rings is 2. The van der Waals surface area contributed by atoms with Crippen LogP contribution in [0.25, 0.3) is 0 Å². The van der Waals surface area contributed by atoms with Crippen LogP contribution in [0.15, 0.2) is 48.5 Å². The van der Waals surface area contributed by atoms with Crippen LogP contribution in [0.1, 0.15) is 69.3 Å². The molecule has 260 valence electrons. The van der Waals surface area contributed by atoms with Crippen LogP contribution in [-0.2, 0) is 29.3 Å². The number of nitrogens with one attached hydrogen (secondary N) is 5. The summed E-state index contributed by atoms with van der Waals surface area (Å²) in [6.45, 7) is 7.89. The number of hydrogen-bond donors (Lipinski definition) is 5. The number of carbonyl (C=O) groups is 5. The van der Waals surface area contributed by atoms with Gasteiger partial charge in [-0.1, -0.05) is 38.1 Å². The average Bonchev–Trinajstić information content (AvgIpc) is 3.06. The minimum absolute atomic E-state index is 0.0248. The van der Waals surface area contributed by atoms with Crippen LogP contribution in [0.5, 0.6) is 5.75 Å². The topological polar surface area (TPSA) is 164 Å². The molecular formula is C35H46FN5O7. The van der Waals surface area contributed by atoms with Gasteiger partial charge in [-0.25, -0.2) is 4.39 Å². The van der Waals surface area contributed by atoms with Crippen LogP contribution in [0.2, 0.25) is 0 Å². The second-order valence-electron chi connectivity index (χ2n) is 12.9. The maximum absolute atomic E-state index is 14.2. The fourth-order valence-electron chi connectivity index (χ4n) is 5.87. The van der Waals surface area contributed by atoms with E-state index in [9.17, 15) is 28.4 Å². The molecule has 0 aromatic heterocycles. The van der Waals surface area contributed by atoms with E-state index >= 15 is 0 Å². The first kappa shape index (κ1) is 36.3. The SMILES string of the molecule is CC(C)[C@H]1NC(=O)[C@H](C)NC(=O)CC[C@@H](C(=O)NCC2(c3cccc(F)c3)CCOCC2)NC(=O)c2ccccc2OC[C@H](C)NC1=O. The number of rotatable bonds is 5. The lowest BCUT2D eigenvalue weighted by atomic mass is 9.74. The lowest BCUT2D eigenvalue weighted by Gasteiger charge is -2.38. The Balaban J connectivity index is 1.58. The Hall–Kier alpha value is -4.52. The van der Waals surface area contributed by atoms with Crippen molar-refractivity contribution in [3.63, 3.8) is 0 Å². The monoisotopic (exact) mass is 667 g/mol. The van der Waals surface area contributed by atoms with Gasteiger partial charge in [-0.05, 0) is 68.9 Å². The van der Waals surface area contributed by atoms with Crippen LogP contribution < -0.4 is 31.3 Å². The highest BCUT2D eigenvalue weighted by atomic mass is 19.1. The molecule has 5 N–H and O–H groups in total. The van der Waals surface area contributed by atoms with E-state index in [2.05, 4.69) is 26.6 Å². The molecule has 0 radical (unpaired) electrons. The van der Waals surface area contributed by atoms with E-state index in [1.165, 1.54) is 19.1 Å². The van der Waals surface area contributed by atoms with Crippen molar-refractivity contribution in [1.29, 1.82) is 0 Å². The molecule has 0 bridgehead atoms. The van der Waals surface area contributed by atoms with E-state index in [0.717, 1.165) is 5.56 Å². The molecule has 13 heteroatoms. The fourth-order valence-corrected chi connectivity index (χ4v) is 5.87. The molecule has 0 saturated carbocycles. The van der Waals surface area contributed by atoms with Gasteiger partial charge in [0.1, 0.15) is 36.3 Å². The van der Waals surface area contributed by atoms with E-state index in [4.69, 9.17) is 9.47 Å². The van der Waals surface area contributed by atoms with Crippen LogP contribution in [0, 0.1) is 11.7 Å². The summed E-state index contributed by atoms with van der Waals surface area (Å²) in [5.41, 5.74) is 0.319. The summed E-state index contributed by atoms with van der Waals surface area (Å²) in [5, 5.41) is 13.9. The second-order valence-corrected chi connectivity index (χ2v) is 12.9. The van der Waals surface area contributed by atoms with Gasteiger partial charge in [0.15, 0.2) is 0 Å². The third kappa shape index (κ3) is 9.52. The number of halogens is 1. The molecule has 12 nitrogen and oxygen atoms in total. The van der Waals surface area contributed by atoms with Gasteiger partial charge in [0.25, 0.3) is 5.91 Å². The highest BCUT2D eigenvalue weighted by Crippen LogP contribution is 2.34. The Kier molecular flexibility index (Phi) is 12.5. The predicted molar refractivity (Wildman–Crippen MR) is 176 cm³/mol. The third-order valence-corrected chi connectivity index (χ3v) is 8.80. The first-order valence-electron chi connectivity index (χ1n) is 16.4. The van der Waals surface area contributed by atoms with E-state index in [0.29, 0.717) is 26.1 Å². The summed E-state index contributed by atoms with van der Waals surface area (Å²) in [5.74, 6) is -2.98. The second kappa shape index (κ2) is 16.5. The van der Waals surface area contributed by atoms with Crippen molar-refractivity contribution in [2.24, 2.45) is 5.92 Å². The molecule has 2 heterocycles. The molecule has 0 spiro atoms. The zero-order valence-electron chi connectivity index (χ0n) is 27.9. The van der Waals surface area contributed by atoms with Gasteiger partial charge in [0, 0.05) is 31.6 Å². The lowest BCUT2D eigenvalue weighted by molar-refractivity contribution is -0.132. The maximum atomic E-state index is 14.2. The summed E-state index contributed by atoms with van der Waals surface area (Å²) in [7, 11) is 0. The van der Waals surface area contributed by atoms with Gasteiger partial charge < -0.3 is 36.1 Å². The van der Waals surface area contributed by atoms with Crippen LogP contribution >= 0.6 is 0 Å². The highest BCUT2D eigenvalue weighted by Gasteiger charge is 2.36. The predicted octanol–water partition coefficient (Wildman–Crippen LogP) is 2.11. The molecular weight excluding hydrogens is 621 g/mol. The normalized spacial score (nSPS) is 24.4. The molecule has 2 aromatic carbocycles. The molecule has 0 unspecified atom stereocenters. The molecule has 0 aliphatic carbocycles. The minimum Gasteiger partial charge on any atom is -0.491 e. The molecule has 5 amide bonds. The number of ether oxygens (including phenoxy) is 2. The van der Waals surface area contributed by atoms with Crippen molar-refractivity contribution in [3.8, 4) is 5.75 Å². The largest absolute Gasteiger partial charge is 0.491 e. The van der Waals surface area contributed by atoms with E-state index in [1.54, 1.807) is 51.1 Å². The maximum Gasteiger partial charge on any atom is 0.255 e. The van der Waals surface area contributed by atoms with Crippen molar-refractivity contribution in [2.45, 2.75) is 83.0 Å². The van der Waals surface area contributed by atoms with Crippen LogP contribution in [0.3, 0.4) is 0 Å². The van der Waals surface area contributed by atoms with Gasteiger partial charge in [-0.15, -0.1) is 0 Å². The Morgan fingerprint density at radius 1 is 0.958 bits per heavy atom. The summed E-state index contributed by atoms with van der Waals surface area (Å²) in [4.78, 5) is 66.4. The molecule has 2 aliphatic rings. The van der Waals surface area contributed by atoms with Gasteiger partial charge in [0.2, 0.25) is 23.6 Å². The number of para-hydroxylation sites is 1. The Bertz CT molecular complexity index is 1480. The van der Waals surface area contributed by atoms with Gasteiger partial charge in [-0.3, -0.25) is 24.0 Å². The number of carbonyl (C=O) groups excluding carboxylic acids is 5. The smallest absolute Gasteiger partial charge is 0.255 e. The Labute approximate surface area is 280 Å². The molecule has 4 rings (SSSR count). The molecule has 1 fully saturated rings. The van der Waals surface area contributed by atoms with Crippen LogP contribution in [0.4, 0.5) is 4.39 Å². The molecule has 2 aliphatic heterocycles. The molecule has 4 atom stereocenters. The van der Waals surface area contributed by atoms with Gasteiger partial charge >= 0.3 is 0 Å². The fraction of sp³-hybridized carbons (Fsp3) is 0.514. The quantitative estimate of drug-likeness (QED) is 0.326.